The molecule has 0 aromatic heterocycles. The zero-order valence-electron chi connectivity index (χ0n) is 27.7. The number of nitrogens with one attached hydrogen (secondary N) is 4. The summed E-state index contributed by atoms with van der Waals surface area (Å²) in [7, 11) is 0. The zero-order valence-corrected chi connectivity index (χ0v) is 27.7. The lowest BCUT2D eigenvalue weighted by atomic mass is 9.90. The number of ketones is 1. The van der Waals surface area contributed by atoms with Crippen LogP contribution < -0.4 is 21.3 Å². The number of carbonyl (C=O) groups is 5. The van der Waals surface area contributed by atoms with Crippen LogP contribution in [-0.2, 0) is 46.3 Å². The van der Waals surface area contributed by atoms with Gasteiger partial charge in [0.05, 0.1) is 32.4 Å². The molecule has 46 heavy (non-hydrogen) atoms. The van der Waals surface area contributed by atoms with Crippen molar-refractivity contribution in [3.8, 4) is 0 Å². The van der Waals surface area contributed by atoms with Crippen molar-refractivity contribution >= 4 is 35.1 Å². The molecule has 1 aromatic carbocycles. The molecule has 1 aliphatic carbocycles. The lowest BCUT2D eigenvalue weighted by Gasteiger charge is -2.28. The molecule has 254 valence electrons. The van der Waals surface area contributed by atoms with Crippen molar-refractivity contribution < 1.29 is 33.4 Å². The molecule has 1 saturated carbocycles. The maximum Gasteiger partial charge on any atom is 0.243 e. The molecule has 1 aromatic rings. The van der Waals surface area contributed by atoms with Gasteiger partial charge >= 0.3 is 0 Å². The van der Waals surface area contributed by atoms with E-state index in [0.29, 0.717) is 58.1 Å². The number of anilines is 1. The maximum absolute atomic E-state index is 13.9. The van der Waals surface area contributed by atoms with Crippen LogP contribution in [0.1, 0.15) is 77.3 Å². The first kappa shape index (κ1) is 35.5. The van der Waals surface area contributed by atoms with Crippen molar-refractivity contribution in [1.82, 2.24) is 20.9 Å². The van der Waals surface area contributed by atoms with Crippen molar-refractivity contribution in [3.05, 3.63) is 29.3 Å². The Bertz CT molecular complexity index is 1250. The molecule has 4 amide bonds. The van der Waals surface area contributed by atoms with Gasteiger partial charge in [-0.15, -0.1) is 0 Å². The summed E-state index contributed by atoms with van der Waals surface area (Å²) in [6, 6.07) is 2.97. The van der Waals surface area contributed by atoms with Crippen molar-refractivity contribution in [1.29, 1.82) is 0 Å². The summed E-state index contributed by atoms with van der Waals surface area (Å²) < 4.78 is 10.8. The van der Waals surface area contributed by atoms with Gasteiger partial charge in [0, 0.05) is 31.6 Å². The first-order valence-corrected chi connectivity index (χ1v) is 16.9. The number of Topliss-reactive ketones (excluding diaryl/α,β-unsaturated/α-hetero) is 1. The van der Waals surface area contributed by atoms with Crippen LogP contribution in [0.15, 0.2) is 18.2 Å². The number of hydrogen-bond donors (Lipinski definition) is 4. The molecule has 12 heteroatoms. The molecule has 5 rings (SSSR count). The minimum absolute atomic E-state index is 0.0364. The van der Waals surface area contributed by atoms with Gasteiger partial charge in [-0.3, -0.25) is 28.9 Å². The topological polar surface area (TPSA) is 158 Å². The van der Waals surface area contributed by atoms with E-state index in [1.165, 1.54) is 0 Å². The molecule has 12 nitrogen and oxygen atoms in total. The van der Waals surface area contributed by atoms with E-state index in [1.54, 1.807) is 13.8 Å². The molecule has 4 aliphatic rings. The molecule has 0 spiro atoms. The molecule has 3 fully saturated rings. The lowest BCUT2D eigenvalue weighted by Crippen LogP contribution is -2.57. The fraction of sp³-hybridized carbons (Fsp3) is 0.676. The van der Waals surface area contributed by atoms with E-state index < -0.39 is 35.5 Å². The predicted octanol–water partition coefficient (Wildman–Crippen LogP) is 1.88. The summed E-state index contributed by atoms with van der Waals surface area (Å²) in [5.41, 5.74) is 1.62. The lowest BCUT2D eigenvalue weighted by molar-refractivity contribution is -0.134. The number of epoxide rings is 1. The van der Waals surface area contributed by atoms with Crippen molar-refractivity contribution in [2.45, 2.75) is 103 Å². The predicted molar refractivity (Wildman–Crippen MR) is 173 cm³/mol. The average molecular weight is 642 g/mol. The Morgan fingerprint density at radius 3 is 2.35 bits per heavy atom. The molecule has 0 radical (unpaired) electrons. The second-order valence-corrected chi connectivity index (χ2v) is 12.8. The zero-order chi connectivity index (χ0) is 33.3. The van der Waals surface area contributed by atoms with Crippen molar-refractivity contribution in [3.63, 3.8) is 0 Å². The summed E-state index contributed by atoms with van der Waals surface area (Å²) in [6.45, 7) is 10.2. The normalized spacial score (nSPS) is 23.0. The maximum atomic E-state index is 13.9. The fourth-order valence-corrected chi connectivity index (χ4v) is 6.32. The average Bonchev–Trinajstić information content (AvgIpc) is 3.59. The number of carbonyl (C=O) groups excluding carboxylic acids is 5. The number of nitrogens with zero attached hydrogens (tertiary/aromatic N) is 1. The summed E-state index contributed by atoms with van der Waals surface area (Å²) in [6.07, 6.45) is 5.93. The summed E-state index contributed by atoms with van der Waals surface area (Å²) in [5, 5.41) is 11.4. The number of rotatable bonds is 13. The van der Waals surface area contributed by atoms with Crippen molar-refractivity contribution in [2.24, 2.45) is 5.92 Å². The molecule has 2 saturated heterocycles. The van der Waals surface area contributed by atoms with Gasteiger partial charge in [0.1, 0.15) is 17.7 Å². The Morgan fingerprint density at radius 2 is 1.67 bits per heavy atom. The number of morpholine rings is 1. The molecule has 4 unspecified atom stereocenters. The SMILES string of the molecule is CC.CC(NC(=O)CN1CCOCC1)C(=O)NC(Cc1ccc2c(c1)CCC(=O)N2)C(=O)NC(CC1CCCC1)C(=O)C1(C)CO1. The van der Waals surface area contributed by atoms with Crippen LogP contribution in [0.2, 0.25) is 0 Å². The summed E-state index contributed by atoms with van der Waals surface area (Å²) >= 11 is 0. The van der Waals surface area contributed by atoms with Crippen LogP contribution in [0.5, 0.6) is 0 Å². The van der Waals surface area contributed by atoms with Gasteiger partial charge in [0.2, 0.25) is 23.6 Å². The number of ether oxygens (including phenoxy) is 2. The van der Waals surface area contributed by atoms with E-state index in [-0.39, 0.29) is 30.6 Å². The second kappa shape index (κ2) is 16.5. The molecular formula is C34H51N5O7. The van der Waals surface area contributed by atoms with Crippen LogP contribution in [0, 0.1) is 5.92 Å². The van der Waals surface area contributed by atoms with Gasteiger partial charge in [-0.1, -0.05) is 51.7 Å². The van der Waals surface area contributed by atoms with E-state index in [0.717, 1.165) is 42.5 Å². The van der Waals surface area contributed by atoms with Gasteiger partial charge in [-0.2, -0.15) is 0 Å². The smallest absolute Gasteiger partial charge is 0.243 e. The quantitative estimate of drug-likeness (QED) is 0.238. The third-order valence-corrected chi connectivity index (χ3v) is 9.15. The van der Waals surface area contributed by atoms with Crippen LogP contribution in [-0.4, -0.2) is 97.5 Å². The Balaban J connectivity index is 0.00000235. The largest absolute Gasteiger partial charge is 0.379 e. The molecule has 3 heterocycles. The van der Waals surface area contributed by atoms with E-state index in [9.17, 15) is 24.0 Å². The molecule has 4 atom stereocenters. The first-order chi connectivity index (χ1) is 22.1. The van der Waals surface area contributed by atoms with E-state index in [2.05, 4.69) is 21.3 Å². The minimum Gasteiger partial charge on any atom is -0.379 e. The number of amides is 4. The Labute approximate surface area is 272 Å². The minimum atomic E-state index is -0.996. The first-order valence-electron chi connectivity index (χ1n) is 16.9. The van der Waals surface area contributed by atoms with E-state index >= 15 is 0 Å². The second-order valence-electron chi connectivity index (χ2n) is 12.8. The van der Waals surface area contributed by atoms with E-state index in [1.807, 2.05) is 36.9 Å². The van der Waals surface area contributed by atoms with Gasteiger partial charge in [-0.25, -0.2) is 0 Å². The summed E-state index contributed by atoms with van der Waals surface area (Å²) in [5.74, 6) is -1.08. The summed E-state index contributed by atoms with van der Waals surface area (Å²) in [4.78, 5) is 67.1. The monoisotopic (exact) mass is 641 g/mol. The highest BCUT2D eigenvalue weighted by molar-refractivity contribution is 5.98. The van der Waals surface area contributed by atoms with Gasteiger partial charge in [0.15, 0.2) is 5.78 Å². The van der Waals surface area contributed by atoms with E-state index in [4.69, 9.17) is 9.47 Å². The number of fused-ring (bicyclic) bond motifs is 1. The Hall–Kier alpha value is -3.35. The Kier molecular flexibility index (Phi) is 12.7. The fourth-order valence-electron chi connectivity index (χ4n) is 6.32. The number of benzene rings is 1. The highest BCUT2D eigenvalue weighted by Gasteiger charge is 2.50. The van der Waals surface area contributed by atoms with Crippen LogP contribution in [0.3, 0.4) is 0 Å². The molecule has 0 bridgehead atoms. The highest BCUT2D eigenvalue weighted by Crippen LogP contribution is 2.33. The van der Waals surface area contributed by atoms with Crippen LogP contribution in [0.25, 0.3) is 0 Å². The standard InChI is InChI=1S/C32H45N5O7.C2H6/c1-20(33-28(39)18-37-11-13-43-14-12-37)30(41)36-26(17-22-7-9-24-23(15-22)8-10-27(38)34-24)31(42)35-25(16-21-5-3-4-6-21)29(40)32(2)19-44-32;1-2/h7,9,15,20-21,25-26H,3-6,8,10-14,16-19H2,1-2H3,(H,33,39)(H,34,38)(H,35,42)(H,36,41);1-2H3. The third kappa shape index (κ3) is 9.83. The van der Waals surface area contributed by atoms with Crippen molar-refractivity contribution in [2.75, 3.05) is 44.8 Å². The third-order valence-electron chi connectivity index (χ3n) is 9.15. The van der Waals surface area contributed by atoms with Gasteiger partial charge < -0.3 is 30.7 Å². The van der Waals surface area contributed by atoms with Gasteiger partial charge in [-0.05, 0) is 49.8 Å². The Morgan fingerprint density at radius 1 is 1.00 bits per heavy atom. The van der Waals surface area contributed by atoms with Crippen LogP contribution in [0.4, 0.5) is 5.69 Å². The van der Waals surface area contributed by atoms with Gasteiger partial charge in [0.25, 0.3) is 0 Å². The highest BCUT2D eigenvalue weighted by atomic mass is 16.6. The number of aryl methyl sites for hydroxylation is 1. The molecule has 4 N–H and O–H groups in total. The number of hydrogen-bond acceptors (Lipinski definition) is 8. The molecule has 3 aliphatic heterocycles. The molecular weight excluding hydrogens is 590 g/mol. The van der Waals surface area contributed by atoms with Crippen LogP contribution >= 0.6 is 0 Å².